The Morgan fingerprint density at radius 2 is 0.649 bits per heavy atom. The molecule has 0 aromatic carbocycles. The van der Waals surface area contributed by atoms with Crippen molar-refractivity contribution in [2.45, 2.75) is 314 Å². The van der Waals surface area contributed by atoms with Crippen LogP contribution in [0, 0.1) is 0 Å². The summed E-state index contributed by atoms with van der Waals surface area (Å²) in [6.07, 6.45) is 15.3. The Bertz CT molecular complexity index is 2820. The third kappa shape index (κ3) is 74.9. The minimum absolute atomic E-state index is 0. The monoisotopic (exact) mass is 1900 g/mol. The Labute approximate surface area is 815 Å². The van der Waals surface area contributed by atoms with Crippen molar-refractivity contribution >= 4 is 50.3 Å². The molecule has 38 heteroatoms. The van der Waals surface area contributed by atoms with Crippen molar-refractivity contribution in [3.8, 4) is 0 Å². The van der Waals surface area contributed by atoms with Gasteiger partial charge in [0.05, 0.1) is 125 Å². The third-order valence-electron chi connectivity index (χ3n) is 20.9. The molecule has 8 saturated heterocycles. The van der Waals surface area contributed by atoms with Crippen molar-refractivity contribution in [2.24, 2.45) is 0 Å². The number of aliphatic hydroxyl groups is 6. The van der Waals surface area contributed by atoms with E-state index in [-0.39, 0.29) is 121 Å². The zero-order valence-electron chi connectivity index (χ0n) is 87.1. The van der Waals surface area contributed by atoms with E-state index in [0.717, 1.165) is 149 Å². The van der Waals surface area contributed by atoms with Crippen LogP contribution in [0.15, 0.2) is 12.2 Å². The summed E-state index contributed by atoms with van der Waals surface area (Å²) in [7, 11) is 29.4. The van der Waals surface area contributed by atoms with Gasteiger partial charge in [0.1, 0.15) is 39.8 Å². The van der Waals surface area contributed by atoms with Gasteiger partial charge in [-0.15, -0.1) is 0 Å². The second-order valence-corrected chi connectivity index (χ2v) is 38.4. The number of likely N-dealkylation sites (N-methyl/N-ethyl adjacent to an activating group) is 7. The van der Waals surface area contributed by atoms with Crippen LogP contribution in [-0.2, 0) is 80.7 Å². The maximum Gasteiger partial charge on any atom is 1.00 e. The van der Waals surface area contributed by atoms with Crippen LogP contribution in [0.4, 0.5) is 19.2 Å². The molecule has 6 N–H and O–H groups in total. The number of β-amino-alcohol motifs (C(OH)–C–C–N with tert-alkyl or cyclic N) is 4. The smallest absolute Gasteiger partial charge is 1.00 e. The Morgan fingerprint density at radius 3 is 0.992 bits per heavy atom. The summed E-state index contributed by atoms with van der Waals surface area (Å²) in [5.41, 5.74) is -2.42. The number of Topliss-reactive ketones (excluding diaryl/α,β-unsaturated/α-hetero) is 3. The van der Waals surface area contributed by atoms with Gasteiger partial charge in [-0.05, 0) is 216 Å². The molecule has 131 heavy (non-hydrogen) atoms. The predicted molar refractivity (Wildman–Crippen MR) is 508 cm³/mol. The molecule has 3 radical (unpaired) electrons. The first-order chi connectivity index (χ1) is 59.7. The van der Waals surface area contributed by atoms with E-state index in [2.05, 4.69) is 55.5 Å². The number of carbonyl (C=O) groups is 7. The van der Waals surface area contributed by atoms with Gasteiger partial charge < -0.3 is 133 Å². The van der Waals surface area contributed by atoms with E-state index in [1.807, 2.05) is 86.6 Å². The van der Waals surface area contributed by atoms with E-state index >= 15 is 0 Å². The molecule has 8 fully saturated rings. The molecule has 0 saturated carbocycles. The molecule has 14 unspecified atom stereocenters. The summed E-state index contributed by atoms with van der Waals surface area (Å²) in [4.78, 5) is 97.0. The quantitative estimate of drug-likeness (QED) is 0.0576. The molecule has 9 aliphatic rings. The maximum absolute atomic E-state index is 11.9. The number of methoxy groups -OCH3 is 9. The van der Waals surface area contributed by atoms with Crippen molar-refractivity contribution in [1.29, 1.82) is 0 Å². The third-order valence-corrected chi connectivity index (χ3v) is 20.9. The molecular formula is C93H186BN9NaO27. The zero-order valence-corrected chi connectivity index (χ0v) is 88.1. The van der Waals surface area contributed by atoms with E-state index in [0.29, 0.717) is 113 Å². The summed E-state index contributed by atoms with van der Waals surface area (Å²) < 4.78 is 71.4. The van der Waals surface area contributed by atoms with Gasteiger partial charge in [-0.3, -0.25) is 24.2 Å². The molecular weight excluding hydrogens is 1710 g/mol. The Balaban J connectivity index is -0.000000333. The number of hydrogen-bond donors (Lipinski definition) is 6. The van der Waals surface area contributed by atoms with Crippen LogP contribution in [-0.4, -0.2) is 471 Å². The van der Waals surface area contributed by atoms with Gasteiger partial charge in [-0.2, -0.15) is 0 Å². The van der Waals surface area contributed by atoms with Crippen LogP contribution in [0.1, 0.15) is 208 Å². The summed E-state index contributed by atoms with van der Waals surface area (Å²) in [5.74, 6) is 0.973. The minimum atomic E-state index is -1.06. The normalized spacial score (nSPS) is 26.6. The Kier molecular flexibility index (Phi) is 77.9. The second-order valence-electron chi connectivity index (χ2n) is 38.4. The van der Waals surface area contributed by atoms with Crippen LogP contribution in [0.5, 0.6) is 0 Å². The van der Waals surface area contributed by atoms with Crippen LogP contribution >= 0.6 is 0 Å². The molecule has 0 aromatic heterocycles. The number of aliphatic hydroxyl groups excluding tert-OH is 6. The number of carbonyl (C=O) groups excluding carboxylic acids is 7. The molecule has 769 valence electrons. The fourth-order valence-corrected chi connectivity index (χ4v) is 14.1. The van der Waals surface area contributed by atoms with Gasteiger partial charge in [-0.25, -0.2) is 19.2 Å². The molecule has 0 spiro atoms. The van der Waals surface area contributed by atoms with Crippen molar-refractivity contribution in [3.63, 3.8) is 0 Å². The number of ether oxygens (including phenoxy) is 14. The summed E-state index contributed by atoms with van der Waals surface area (Å²) in [5, 5.41) is 55.2. The van der Waals surface area contributed by atoms with Crippen molar-refractivity contribution in [2.75, 3.05) is 238 Å². The average Bonchev–Trinajstić information content (AvgIpc) is 1.65. The number of likely N-dealkylation sites (tertiary alicyclic amines) is 8. The number of hydrogen-bond acceptors (Lipinski definition) is 34. The largest absolute Gasteiger partial charge is 1.00 e. The van der Waals surface area contributed by atoms with Crippen molar-refractivity contribution in [3.05, 3.63) is 12.2 Å². The predicted octanol–water partition coefficient (Wildman–Crippen LogP) is 5.08. The molecule has 9 heterocycles. The van der Waals surface area contributed by atoms with Gasteiger partial charge >= 0.3 is 54.1 Å². The standard InChI is InChI=1S/2C12H23NO4.C10H18O5.C8H17NO2.C8H15NO2.2C8H17NO2.2C8H15NO2.C8H15NO.C2H6O.CH4.B.Na.H/c2*1-12(2,3)17-11(15)13-7-9(14)5-6-10(8-13)16-4;1-9(2,3)14-7(11)13-8(12)15-10(4,5)6;2*1-9-4-3-7(10)5-8(6-9)11-2;4*1-9-5-7(10)3-4-8(6-9)11-2;1-9-6-4-3-5-8(7-9)10-2;1-2-3;;;;/h2*9-10,14H,5-8H2,1-4H3;1-6H3;7-8,10H,3-6H2,1-2H3;8H,3-6H2,1-2H3;2*7-8,10H,3-6H2,1-2H3;2*8H,3-6H2,1-2H3;3-4,8H,5-7H2,1-2H3;3H,2H2,1H3;1H4;;;/q;;;;;;;;;;;;;+1;-1. The first-order valence-electron chi connectivity index (χ1n) is 45.6. The van der Waals surface area contributed by atoms with E-state index in [1.165, 1.54) is 9.80 Å². The Hall–Kier alpha value is -3.79. The SMILES string of the molecule is C.CC(C)(C)OC(=O)OC(=O)OC(C)(C)C.CCO.COC1CC(=O)CCN(C)C1.COC1CC(O)CCN(C)C1.COC1CC=CCN(C)C1.COC1CCC(=O)CN(C)C1.COC1CCC(=O)CN(C)C1.COC1CCC(O)CN(C(=O)OC(C)(C)C)C1.COC1CCC(O)CN(C(=O)OC(C)(C)C)C1.COC1CCC(O)CN(C)C1.COC1CCC(O)CN(C)C1.[B].[H-].[Na+]. The fraction of sp³-hybridized carbons (Fsp3) is 0.903. The molecule has 0 bridgehead atoms. The number of nitrogens with zero attached hydrogens (tertiary/aromatic N) is 9. The van der Waals surface area contributed by atoms with Gasteiger partial charge in [0, 0.05) is 190 Å². The van der Waals surface area contributed by atoms with E-state index in [4.69, 9.17) is 66.7 Å². The van der Waals surface area contributed by atoms with Crippen LogP contribution in [0.3, 0.4) is 0 Å². The van der Waals surface area contributed by atoms with Gasteiger partial charge in [-0.1, -0.05) is 19.6 Å². The maximum atomic E-state index is 11.9. The molecule has 0 aromatic rings. The molecule has 14 atom stereocenters. The van der Waals surface area contributed by atoms with Crippen LogP contribution in [0.25, 0.3) is 0 Å². The summed E-state index contributed by atoms with van der Waals surface area (Å²) in [6.45, 7) is 36.6. The molecule has 9 rings (SSSR count). The van der Waals surface area contributed by atoms with Gasteiger partial charge in [0.25, 0.3) is 0 Å². The molecule has 9 aliphatic heterocycles. The van der Waals surface area contributed by atoms with Crippen LogP contribution in [0.2, 0.25) is 0 Å². The Morgan fingerprint density at radius 1 is 0.351 bits per heavy atom. The first-order valence-corrected chi connectivity index (χ1v) is 45.6. The minimum Gasteiger partial charge on any atom is -1.00 e. The summed E-state index contributed by atoms with van der Waals surface area (Å²) >= 11 is 0. The zero-order chi connectivity index (χ0) is 98.1. The molecule has 2 amide bonds. The first kappa shape index (κ1) is 136. The van der Waals surface area contributed by atoms with E-state index in [9.17, 15) is 59.1 Å². The number of amides is 2. The topological polar surface area (TPSA) is 399 Å². The number of rotatable bonds is 9. The van der Waals surface area contributed by atoms with Gasteiger partial charge in [0.15, 0.2) is 0 Å². The second kappa shape index (κ2) is 75.2. The van der Waals surface area contributed by atoms with Crippen molar-refractivity contribution in [1.82, 2.24) is 44.1 Å². The van der Waals surface area contributed by atoms with E-state index < -0.39 is 46.9 Å². The average molecular weight is 1900 g/mol. The molecule has 0 aliphatic carbocycles. The van der Waals surface area contributed by atoms with E-state index in [1.54, 1.807) is 112 Å². The fourth-order valence-electron chi connectivity index (χ4n) is 14.1. The van der Waals surface area contributed by atoms with Crippen LogP contribution < -0.4 is 29.6 Å². The summed E-state index contributed by atoms with van der Waals surface area (Å²) in [6, 6.07) is 0. The molecule has 36 nitrogen and oxygen atoms in total. The number of ketones is 3. The van der Waals surface area contributed by atoms with Gasteiger partial charge in [0.2, 0.25) is 0 Å². The van der Waals surface area contributed by atoms with Crippen molar-refractivity contribution < 1.29 is 162 Å².